The molecule has 2 aliphatic rings. The molecule has 206 valence electrons. The van der Waals surface area contributed by atoms with Crippen molar-refractivity contribution >= 4 is 36.6 Å². The lowest BCUT2D eigenvalue weighted by Crippen LogP contribution is -2.34. The SMILES string of the molecule is CC(C)CC(C)(c1ccc2c(c1)CN(c1ccccc1S)CO2)c1ccc2c(c1)CN(c1ccccc1S)CO2. The highest BCUT2D eigenvalue weighted by atomic mass is 32.1. The Bertz CT molecular complexity index is 1430. The van der Waals surface area contributed by atoms with E-state index >= 15 is 0 Å². The van der Waals surface area contributed by atoms with E-state index < -0.39 is 0 Å². The molecule has 4 aromatic carbocycles. The topological polar surface area (TPSA) is 24.9 Å². The Morgan fingerprint density at radius 3 is 1.57 bits per heavy atom. The van der Waals surface area contributed by atoms with Gasteiger partial charge < -0.3 is 19.3 Å². The first-order chi connectivity index (χ1) is 19.3. The number of para-hydroxylation sites is 2. The van der Waals surface area contributed by atoms with E-state index in [0.717, 1.165) is 52.2 Å². The second-order valence-corrected chi connectivity index (χ2v) is 12.5. The second-order valence-electron chi connectivity index (χ2n) is 11.5. The van der Waals surface area contributed by atoms with Crippen LogP contribution < -0.4 is 19.3 Å². The Hall–Kier alpha value is -3.22. The average Bonchev–Trinajstić information content (AvgIpc) is 2.96. The zero-order valence-electron chi connectivity index (χ0n) is 23.3. The van der Waals surface area contributed by atoms with Gasteiger partial charge in [-0.15, -0.1) is 25.3 Å². The first-order valence-electron chi connectivity index (χ1n) is 13.9. The Morgan fingerprint density at radius 2 is 1.15 bits per heavy atom. The number of anilines is 2. The number of fused-ring (bicyclic) bond motifs is 2. The maximum absolute atomic E-state index is 6.20. The number of hydrogen-bond acceptors (Lipinski definition) is 6. The molecule has 0 aromatic heterocycles. The third-order valence-electron chi connectivity index (χ3n) is 8.13. The molecule has 0 atom stereocenters. The summed E-state index contributed by atoms with van der Waals surface area (Å²) < 4.78 is 12.4. The maximum Gasteiger partial charge on any atom is 0.161 e. The molecular weight excluding hydrogens is 533 g/mol. The molecule has 40 heavy (non-hydrogen) atoms. The summed E-state index contributed by atoms with van der Waals surface area (Å²) >= 11 is 9.38. The van der Waals surface area contributed by atoms with E-state index in [4.69, 9.17) is 9.47 Å². The van der Waals surface area contributed by atoms with Gasteiger partial charge in [0.1, 0.15) is 11.5 Å². The molecule has 0 aliphatic carbocycles. The number of hydrogen-bond donors (Lipinski definition) is 2. The zero-order valence-corrected chi connectivity index (χ0v) is 25.1. The molecule has 0 radical (unpaired) electrons. The molecule has 0 bridgehead atoms. The molecule has 4 nitrogen and oxygen atoms in total. The molecule has 0 saturated heterocycles. The minimum absolute atomic E-state index is 0.175. The summed E-state index contributed by atoms with van der Waals surface area (Å²) in [4.78, 5) is 6.42. The Kier molecular flexibility index (Phi) is 7.41. The number of benzene rings is 4. The van der Waals surface area contributed by atoms with E-state index in [0.29, 0.717) is 19.4 Å². The molecule has 2 heterocycles. The van der Waals surface area contributed by atoms with Crippen molar-refractivity contribution in [2.24, 2.45) is 5.92 Å². The molecule has 4 aromatic rings. The van der Waals surface area contributed by atoms with E-state index in [9.17, 15) is 0 Å². The van der Waals surface area contributed by atoms with E-state index in [1.54, 1.807) is 0 Å². The highest BCUT2D eigenvalue weighted by Gasteiger charge is 2.33. The van der Waals surface area contributed by atoms with Crippen molar-refractivity contribution in [3.05, 3.63) is 107 Å². The molecular formula is C34H36N2O2S2. The van der Waals surface area contributed by atoms with Gasteiger partial charge in [0.15, 0.2) is 13.5 Å². The molecule has 0 spiro atoms. The van der Waals surface area contributed by atoms with Crippen molar-refractivity contribution in [3.63, 3.8) is 0 Å². The van der Waals surface area contributed by atoms with Crippen LogP contribution in [0, 0.1) is 5.92 Å². The van der Waals surface area contributed by atoms with Gasteiger partial charge >= 0.3 is 0 Å². The van der Waals surface area contributed by atoms with Gasteiger partial charge in [-0.05, 0) is 72.0 Å². The molecule has 6 heteroatoms. The van der Waals surface area contributed by atoms with Gasteiger partial charge in [0.2, 0.25) is 0 Å². The lowest BCUT2D eigenvalue weighted by atomic mass is 9.70. The van der Waals surface area contributed by atoms with Gasteiger partial charge in [-0.1, -0.05) is 57.2 Å². The van der Waals surface area contributed by atoms with Gasteiger partial charge in [-0.3, -0.25) is 0 Å². The molecule has 0 unspecified atom stereocenters. The van der Waals surface area contributed by atoms with Crippen molar-refractivity contribution in [3.8, 4) is 11.5 Å². The van der Waals surface area contributed by atoms with Crippen LogP contribution in [0.3, 0.4) is 0 Å². The summed E-state index contributed by atoms with van der Waals surface area (Å²) in [5.74, 6) is 2.44. The standard InChI is InChI=1S/C34H36N2O2S2/c1-23(2)18-34(3,26-12-14-30-24(16-26)19-35(21-37-30)28-8-4-6-10-32(28)39)27-13-15-31-25(17-27)20-36(22-38-31)29-9-5-7-11-33(29)40/h4-17,23,39-40H,18-22H2,1-3H3. The average molecular weight is 569 g/mol. The van der Waals surface area contributed by atoms with E-state index in [2.05, 4.69) is 116 Å². The van der Waals surface area contributed by atoms with Crippen LogP contribution >= 0.6 is 25.3 Å². The Morgan fingerprint density at radius 1 is 0.700 bits per heavy atom. The molecule has 0 amide bonds. The third-order valence-corrected chi connectivity index (χ3v) is 8.89. The summed E-state index contributed by atoms with van der Waals surface area (Å²) in [5.41, 5.74) is 7.02. The quantitative estimate of drug-likeness (QED) is 0.229. The fourth-order valence-electron chi connectivity index (χ4n) is 6.16. The van der Waals surface area contributed by atoms with E-state index in [1.807, 2.05) is 24.3 Å². The minimum Gasteiger partial charge on any atom is -0.473 e. The van der Waals surface area contributed by atoms with Crippen LogP contribution in [0.25, 0.3) is 0 Å². The maximum atomic E-state index is 6.20. The van der Waals surface area contributed by atoms with Gasteiger partial charge in [0, 0.05) is 39.4 Å². The predicted molar refractivity (Wildman–Crippen MR) is 170 cm³/mol. The van der Waals surface area contributed by atoms with Crippen LogP contribution in [-0.2, 0) is 18.5 Å². The first kappa shape index (κ1) is 27.0. The first-order valence-corrected chi connectivity index (χ1v) is 14.8. The highest BCUT2D eigenvalue weighted by Crippen LogP contribution is 2.43. The molecule has 0 saturated carbocycles. The lowest BCUT2D eigenvalue weighted by Gasteiger charge is -2.37. The van der Waals surface area contributed by atoms with Crippen LogP contribution in [0.1, 0.15) is 49.4 Å². The van der Waals surface area contributed by atoms with Gasteiger partial charge in [0.25, 0.3) is 0 Å². The van der Waals surface area contributed by atoms with E-state index in [1.165, 1.54) is 22.3 Å². The van der Waals surface area contributed by atoms with Gasteiger partial charge in [-0.25, -0.2) is 0 Å². The normalized spacial score (nSPS) is 14.8. The molecule has 2 aliphatic heterocycles. The number of nitrogens with zero attached hydrogens (tertiary/aromatic N) is 2. The van der Waals surface area contributed by atoms with Crippen LogP contribution in [0.5, 0.6) is 11.5 Å². The second kappa shape index (κ2) is 11.0. The summed E-state index contributed by atoms with van der Waals surface area (Å²) in [6, 6.07) is 29.9. The minimum atomic E-state index is -0.175. The Labute approximate surface area is 248 Å². The van der Waals surface area contributed by atoms with Crippen molar-refractivity contribution in [1.82, 2.24) is 0 Å². The fourth-order valence-corrected chi connectivity index (χ4v) is 6.77. The molecule has 6 rings (SSSR count). The number of rotatable bonds is 6. The summed E-state index contributed by atoms with van der Waals surface area (Å²) in [6.45, 7) is 9.60. The largest absolute Gasteiger partial charge is 0.473 e. The third kappa shape index (κ3) is 5.15. The summed E-state index contributed by atoms with van der Waals surface area (Å²) in [5, 5.41) is 0. The summed E-state index contributed by atoms with van der Waals surface area (Å²) in [7, 11) is 0. The lowest BCUT2D eigenvalue weighted by molar-refractivity contribution is 0.287. The van der Waals surface area contributed by atoms with Crippen LogP contribution in [0.2, 0.25) is 0 Å². The van der Waals surface area contributed by atoms with Gasteiger partial charge in [0.05, 0.1) is 11.4 Å². The fraction of sp³-hybridized carbons (Fsp3) is 0.294. The number of ether oxygens (including phenoxy) is 2. The molecule has 0 N–H and O–H groups in total. The van der Waals surface area contributed by atoms with Crippen molar-refractivity contribution in [2.75, 3.05) is 23.3 Å². The van der Waals surface area contributed by atoms with Gasteiger partial charge in [-0.2, -0.15) is 0 Å². The van der Waals surface area contributed by atoms with Crippen LogP contribution in [0.4, 0.5) is 11.4 Å². The Balaban J connectivity index is 1.34. The van der Waals surface area contributed by atoms with Crippen molar-refractivity contribution in [2.45, 2.75) is 55.5 Å². The smallest absolute Gasteiger partial charge is 0.161 e. The van der Waals surface area contributed by atoms with E-state index in [-0.39, 0.29) is 5.41 Å². The monoisotopic (exact) mass is 568 g/mol. The summed E-state index contributed by atoms with van der Waals surface area (Å²) in [6.07, 6.45) is 1.03. The van der Waals surface area contributed by atoms with Crippen molar-refractivity contribution < 1.29 is 9.47 Å². The van der Waals surface area contributed by atoms with Crippen molar-refractivity contribution in [1.29, 1.82) is 0 Å². The molecule has 0 fully saturated rings. The van der Waals surface area contributed by atoms with Crippen LogP contribution in [-0.4, -0.2) is 13.5 Å². The predicted octanol–water partition coefficient (Wildman–Crippen LogP) is 8.33. The zero-order chi connectivity index (χ0) is 27.9. The number of thiol groups is 2. The highest BCUT2D eigenvalue weighted by molar-refractivity contribution is 7.80. The van der Waals surface area contributed by atoms with Crippen LogP contribution in [0.15, 0.2) is 94.7 Å².